The highest BCUT2D eigenvalue weighted by atomic mass is 35.5. The third-order valence-electron chi connectivity index (χ3n) is 4.81. The number of rotatable bonds is 4. The van der Waals surface area contributed by atoms with Crippen LogP contribution in [0.2, 0.25) is 5.02 Å². The number of hydrogen-bond donors (Lipinski definition) is 0. The van der Waals surface area contributed by atoms with Crippen molar-refractivity contribution in [2.24, 2.45) is 0 Å². The maximum atomic E-state index is 9.72. The van der Waals surface area contributed by atoms with Gasteiger partial charge < -0.3 is 4.57 Å². The SMILES string of the molecule is N#C/C(=C\c1cn(Cc2ccc(Cl)cc2)c2ccccc12)c1cccc(C#N)c1. The molecule has 29 heavy (non-hydrogen) atoms. The standard InChI is InChI=1S/C25H16ClN3/c26-23-10-8-18(9-11-23)16-29-17-22(24-6-1-2-7-25(24)29)13-21(15-28)20-5-3-4-19(12-20)14-27/h1-13,17H,16H2/b21-13+. The molecule has 1 heterocycles. The van der Waals surface area contributed by atoms with Crippen LogP contribution in [0, 0.1) is 22.7 Å². The molecule has 0 fully saturated rings. The van der Waals surface area contributed by atoms with E-state index in [2.05, 4.69) is 35.0 Å². The van der Waals surface area contributed by atoms with Crippen molar-refractivity contribution in [3.63, 3.8) is 0 Å². The number of aromatic nitrogens is 1. The van der Waals surface area contributed by atoms with Gasteiger partial charge in [-0.1, -0.05) is 54.1 Å². The van der Waals surface area contributed by atoms with Crippen LogP contribution in [0.5, 0.6) is 0 Å². The fraction of sp³-hybridized carbons (Fsp3) is 0.0400. The van der Waals surface area contributed by atoms with E-state index in [0.29, 0.717) is 22.7 Å². The van der Waals surface area contributed by atoms with E-state index in [1.54, 1.807) is 18.2 Å². The molecule has 0 saturated carbocycles. The third kappa shape index (κ3) is 3.92. The zero-order chi connectivity index (χ0) is 20.2. The minimum Gasteiger partial charge on any atom is -0.342 e. The molecular weight excluding hydrogens is 378 g/mol. The van der Waals surface area contributed by atoms with Crippen LogP contribution in [-0.4, -0.2) is 4.57 Å². The van der Waals surface area contributed by atoms with Crippen molar-refractivity contribution in [3.05, 3.63) is 106 Å². The van der Waals surface area contributed by atoms with Crippen LogP contribution >= 0.6 is 11.6 Å². The quantitative estimate of drug-likeness (QED) is 0.383. The van der Waals surface area contributed by atoms with E-state index in [-0.39, 0.29) is 0 Å². The number of benzene rings is 3. The first-order valence-electron chi connectivity index (χ1n) is 9.12. The van der Waals surface area contributed by atoms with E-state index >= 15 is 0 Å². The van der Waals surface area contributed by atoms with E-state index < -0.39 is 0 Å². The molecule has 0 aliphatic heterocycles. The summed E-state index contributed by atoms with van der Waals surface area (Å²) in [5.74, 6) is 0. The minimum atomic E-state index is 0.525. The van der Waals surface area contributed by atoms with Gasteiger partial charge in [0.1, 0.15) is 0 Å². The van der Waals surface area contributed by atoms with Crippen molar-refractivity contribution < 1.29 is 0 Å². The summed E-state index contributed by atoms with van der Waals surface area (Å²) in [4.78, 5) is 0. The number of hydrogen-bond acceptors (Lipinski definition) is 2. The lowest BCUT2D eigenvalue weighted by atomic mass is 10.0. The van der Waals surface area contributed by atoms with Crippen LogP contribution in [0.15, 0.2) is 79.0 Å². The first-order chi connectivity index (χ1) is 14.2. The van der Waals surface area contributed by atoms with E-state index in [1.807, 2.05) is 48.5 Å². The summed E-state index contributed by atoms with van der Waals surface area (Å²) >= 11 is 6.00. The average Bonchev–Trinajstić information content (AvgIpc) is 3.11. The van der Waals surface area contributed by atoms with Crippen LogP contribution < -0.4 is 0 Å². The Morgan fingerprint density at radius 2 is 1.76 bits per heavy atom. The number of nitriles is 2. The van der Waals surface area contributed by atoms with Crippen molar-refractivity contribution in [2.75, 3.05) is 0 Å². The highest BCUT2D eigenvalue weighted by Gasteiger charge is 2.10. The monoisotopic (exact) mass is 393 g/mol. The second-order valence-corrected chi connectivity index (χ2v) is 7.15. The lowest BCUT2D eigenvalue weighted by molar-refractivity contribution is 0.836. The molecule has 4 heteroatoms. The minimum absolute atomic E-state index is 0.525. The van der Waals surface area contributed by atoms with Gasteiger partial charge in [-0.25, -0.2) is 0 Å². The van der Waals surface area contributed by atoms with E-state index in [9.17, 15) is 5.26 Å². The Kier molecular flexibility index (Phi) is 5.16. The Hall–Kier alpha value is -3.79. The number of fused-ring (bicyclic) bond motifs is 1. The van der Waals surface area contributed by atoms with Crippen molar-refractivity contribution in [1.82, 2.24) is 4.57 Å². The molecule has 0 unspecified atom stereocenters. The molecule has 3 nitrogen and oxygen atoms in total. The molecule has 0 aliphatic rings. The van der Waals surface area contributed by atoms with Gasteiger partial charge >= 0.3 is 0 Å². The van der Waals surface area contributed by atoms with Gasteiger partial charge in [0.05, 0.1) is 23.3 Å². The first-order valence-corrected chi connectivity index (χ1v) is 9.50. The molecule has 4 aromatic rings. The summed E-state index contributed by atoms with van der Waals surface area (Å²) < 4.78 is 2.17. The van der Waals surface area contributed by atoms with Gasteiger partial charge in [-0.05, 0) is 47.5 Å². The van der Waals surface area contributed by atoms with Gasteiger partial charge in [0.15, 0.2) is 0 Å². The lowest BCUT2D eigenvalue weighted by Gasteiger charge is -2.05. The van der Waals surface area contributed by atoms with Crippen LogP contribution in [0.1, 0.15) is 22.3 Å². The molecule has 4 rings (SSSR count). The summed E-state index contributed by atoms with van der Waals surface area (Å²) in [6.07, 6.45) is 3.95. The molecular formula is C25H16ClN3. The maximum Gasteiger partial charge on any atom is 0.0998 e. The van der Waals surface area contributed by atoms with Crippen molar-refractivity contribution in [2.45, 2.75) is 6.54 Å². The Bertz CT molecular complexity index is 1300. The highest BCUT2D eigenvalue weighted by molar-refractivity contribution is 6.30. The summed E-state index contributed by atoms with van der Waals surface area (Å²) in [5, 5.41) is 20.7. The lowest BCUT2D eigenvalue weighted by Crippen LogP contribution is -1.97. The molecule has 0 amide bonds. The van der Waals surface area contributed by atoms with E-state index in [1.165, 1.54) is 0 Å². The molecule has 0 spiro atoms. The number of allylic oxidation sites excluding steroid dienone is 1. The molecule has 0 radical (unpaired) electrons. The van der Waals surface area contributed by atoms with E-state index in [0.717, 1.165) is 27.6 Å². The second-order valence-electron chi connectivity index (χ2n) is 6.72. The van der Waals surface area contributed by atoms with Crippen LogP contribution in [0.4, 0.5) is 0 Å². The summed E-state index contributed by atoms with van der Waals surface area (Å²) in [5.41, 5.74) is 5.00. The zero-order valence-corrected chi connectivity index (χ0v) is 16.3. The molecule has 3 aromatic carbocycles. The topological polar surface area (TPSA) is 52.5 Å². The molecule has 0 saturated heterocycles. The number of para-hydroxylation sites is 1. The Labute approximate surface area is 174 Å². The Morgan fingerprint density at radius 3 is 2.52 bits per heavy atom. The van der Waals surface area contributed by atoms with Gasteiger partial charge in [0, 0.05) is 34.2 Å². The summed E-state index contributed by atoms with van der Waals surface area (Å²) in [6.45, 7) is 0.706. The van der Waals surface area contributed by atoms with E-state index in [4.69, 9.17) is 16.9 Å². The molecule has 1 aromatic heterocycles. The fourth-order valence-electron chi connectivity index (χ4n) is 3.40. The van der Waals surface area contributed by atoms with Gasteiger partial charge in [0.25, 0.3) is 0 Å². The van der Waals surface area contributed by atoms with Crippen LogP contribution in [-0.2, 0) is 6.54 Å². The molecule has 0 atom stereocenters. The molecule has 138 valence electrons. The van der Waals surface area contributed by atoms with Crippen LogP contribution in [0.25, 0.3) is 22.6 Å². The van der Waals surface area contributed by atoms with Crippen molar-refractivity contribution >= 4 is 34.2 Å². The van der Waals surface area contributed by atoms with Crippen molar-refractivity contribution in [3.8, 4) is 12.1 Å². The number of nitrogens with zero attached hydrogens (tertiary/aromatic N) is 3. The predicted octanol–water partition coefficient (Wildman–Crippen LogP) is 6.28. The molecule has 0 aliphatic carbocycles. The van der Waals surface area contributed by atoms with Crippen LogP contribution in [0.3, 0.4) is 0 Å². The maximum absolute atomic E-state index is 9.72. The normalized spacial score (nSPS) is 11.2. The highest BCUT2D eigenvalue weighted by Crippen LogP contribution is 2.27. The third-order valence-corrected chi connectivity index (χ3v) is 5.06. The fourth-order valence-corrected chi connectivity index (χ4v) is 3.53. The van der Waals surface area contributed by atoms with Gasteiger partial charge in [-0.3, -0.25) is 0 Å². The average molecular weight is 394 g/mol. The number of halogens is 1. The molecule has 0 bridgehead atoms. The zero-order valence-electron chi connectivity index (χ0n) is 15.5. The van der Waals surface area contributed by atoms with Gasteiger partial charge in [-0.15, -0.1) is 0 Å². The molecule has 0 N–H and O–H groups in total. The van der Waals surface area contributed by atoms with Gasteiger partial charge in [0.2, 0.25) is 0 Å². The van der Waals surface area contributed by atoms with Crippen molar-refractivity contribution in [1.29, 1.82) is 10.5 Å². The van der Waals surface area contributed by atoms with Gasteiger partial charge in [-0.2, -0.15) is 10.5 Å². The Morgan fingerprint density at radius 1 is 0.966 bits per heavy atom. The first kappa shape index (κ1) is 18.6. The Balaban J connectivity index is 1.79. The summed E-state index contributed by atoms with van der Waals surface area (Å²) in [6, 6.07) is 27.5. The largest absolute Gasteiger partial charge is 0.342 e. The predicted molar refractivity (Wildman–Crippen MR) is 117 cm³/mol. The second kappa shape index (κ2) is 8.07. The smallest absolute Gasteiger partial charge is 0.0998 e. The summed E-state index contributed by atoms with van der Waals surface area (Å²) in [7, 11) is 0.